The highest BCUT2D eigenvalue weighted by Gasteiger charge is 2.21. The quantitative estimate of drug-likeness (QED) is 0.944. The summed E-state index contributed by atoms with van der Waals surface area (Å²) >= 11 is 5.96. The van der Waals surface area contributed by atoms with E-state index in [0.717, 1.165) is 5.56 Å². The van der Waals surface area contributed by atoms with Gasteiger partial charge in [0.2, 0.25) is 0 Å². The molecule has 104 valence electrons. The van der Waals surface area contributed by atoms with Gasteiger partial charge in [-0.25, -0.2) is 0 Å². The number of aromatic nitrogens is 1. The number of benzene rings is 1. The lowest BCUT2D eigenvalue weighted by atomic mass is 10.1. The molecule has 1 aromatic carbocycles. The van der Waals surface area contributed by atoms with Gasteiger partial charge in [0.1, 0.15) is 5.75 Å². The fourth-order valence-corrected chi connectivity index (χ4v) is 2.12. The van der Waals surface area contributed by atoms with Crippen molar-refractivity contribution in [2.45, 2.75) is 13.0 Å². The van der Waals surface area contributed by atoms with Gasteiger partial charge < -0.3 is 10.0 Å². The Morgan fingerprint density at radius 1 is 1.40 bits per heavy atom. The molecule has 20 heavy (non-hydrogen) atoms. The van der Waals surface area contributed by atoms with E-state index >= 15 is 0 Å². The fraction of sp³-hybridized carbons (Fsp3) is 0.200. The first kappa shape index (κ1) is 14.3. The average molecular weight is 291 g/mol. The maximum Gasteiger partial charge on any atom is 0.257 e. The Morgan fingerprint density at radius 3 is 2.80 bits per heavy atom. The van der Waals surface area contributed by atoms with Gasteiger partial charge in [-0.2, -0.15) is 0 Å². The number of amides is 1. The lowest BCUT2D eigenvalue weighted by Crippen LogP contribution is -2.29. The van der Waals surface area contributed by atoms with Crippen LogP contribution >= 0.6 is 11.6 Å². The number of halogens is 1. The molecule has 0 saturated heterocycles. The van der Waals surface area contributed by atoms with Crippen LogP contribution in [0.2, 0.25) is 5.02 Å². The van der Waals surface area contributed by atoms with Crippen molar-refractivity contribution in [2.24, 2.45) is 0 Å². The summed E-state index contributed by atoms with van der Waals surface area (Å²) in [6.07, 6.45) is 2.73. The zero-order valence-corrected chi connectivity index (χ0v) is 12.0. The predicted molar refractivity (Wildman–Crippen MR) is 77.9 cm³/mol. The monoisotopic (exact) mass is 290 g/mol. The summed E-state index contributed by atoms with van der Waals surface area (Å²) in [6.45, 7) is 1.90. The summed E-state index contributed by atoms with van der Waals surface area (Å²) in [5, 5.41) is 10.3. The van der Waals surface area contributed by atoms with E-state index in [-0.39, 0.29) is 23.3 Å². The summed E-state index contributed by atoms with van der Waals surface area (Å²) in [6, 6.07) is 8.70. The van der Waals surface area contributed by atoms with Crippen molar-refractivity contribution >= 4 is 17.5 Å². The molecule has 4 nitrogen and oxygen atoms in total. The molecule has 1 unspecified atom stereocenters. The smallest absolute Gasteiger partial charge is 0.257 e. The molecule has 0 saturated carbocycles. The molecule has 2 rings (SSSR count). The molecule has 1 aromatic heterocycles. The molecule has 5 heteroatoms. The maximum atomic E-state index is 12.4. The van der Waals surface area contributed by atoms with Crippen LogP contribution in [-0.2, 0) is 0 Å². The Balaban J connectivity index is 2.25. The van der Waals surface area contributed by atoms with E-state index in [1.165, 1.54) is 18.5 Å². The molecular formula is C15H15ClN2O2. The lowest BCUT2D eigenvalue weighted by molar-refractivity contribution is 0.0739. The fourth-order valence-electron chi connectivity index (χ4n) is 1.92. The number of hydrogen-bond acceptors (Lipinski definition) is 3. The summed E-state index contributed by atoms with van der Waals surface area (Å²) in [5.41, 5.74) is 1.17. The van der Waals surface area contributed by atoms with Crippen molar-refractivity contribution in [3.05, 3.63) is 58.9 Å². The van der Waals surface area contributed by atoms with Gasteiger partial charge in [-0.1, -0.05) is 23.7 Å². The summed E-state index contributed by atoms with van der Waals surface area (Å²) in [4.78, 5) is 17.7. The minimum Gasteiger partial charge on any atom is -0.505 e. The SMILES string of the molecule is CC(c1cccc(Cl)c1)N(C)C(=O)c1ccncc1O. The van der Waals surface area contributed by atoms with Gasteiger partial charge in [0, 0.05) is 18.3 Å². The number of rotatable bonds is 3. The van der Waals surface area contributed by atoms with Crippen molar-refractivity contribution < 1.29 is 9.90 Å². The van der Waals surface area contributed by atoms with Crippen LogP contribution in [-0.4, -0.2) is 27.9 Å². The highest BCUT2D eigenvalue weighted by molar-refractivity contribution is 6.30. The largest absolute Gasteiger partial charge is 0.505 e. The molecule has 0 aliphatic carbocycles. The Labute approximate surface area is 122 Å². The Hall–Kier alpha value is -2.07. The van der Waals surface area contributed by atoms with Gasteiger partial charge >= 0.3 is 0 Å². The van der Waals surface area contributed by atoms with Crippen LogP contribution in [0, 0.1) is 0 Å². The van der Waals surface area contributed by atoms with Crippen molar-refractivity contribution in [2.75, 3.05) is 7.05 Å². The minimum absolute atomic E-state index is 0.123. The topological polar surface area (TPSA) is 53.4 Å². The number of carbonyl (C=O) groups excluding carboxylic acids is 1. The van der Waals surface area contributed by atoms with Crippen molar-refractivity contribution in [1.82, 2.24) is 9.88 Å². The highest BCUT2D eigenvalue weighted by atomic mass is 35.5. The number of hydrogen-bond donors (Lipinski definition) is 1. The first-order valence-electron chi connectivity index (χ1n) is 6.16. The summed E-state index contributed by atoms with van der Waals surface area (Å²) in [7, 11) is 1.69. The zero-order chi connectivity index (χ0) is 14.7. The van der Waals surface area contributed by atoms with Gasteiger partial charge in [-0.15, -0.1) is 0 Å². The predicted octanol–water partition coefficient (Wildman–Crippen LogP) is 3.27. The molecule has 0 spiro atoms. The van der Waals surface area contributed by atoms with Crippen LogP contribution in [0.5, 0.6) is 5.75 Å². The van der Waals surface area contributed by atoms with Crippen molar-refractivity contribution in [1.29, 1.82) is 0 Å². The van der Waals surface area contributed by atoms with E-state index in [4.69, 9.17) is 11.6 Å². The molecule has 1 amide bonds. The van der Waals surface area contributed by atoms with E-state index in [2.05, 4.69) is 4.98 Å². The molecule has 2 aromatic rings. The molecule has 0 radical (unpaired) electrons. The second-order valence-corrected chi connectivity index (χ2v) is 4.98. The average Bonchev–Trinajstić information content (AvgIpc) is 2.45. The number of pyridine rings is 1. The molecule has 0 aliphatic heterocycles. The van der Waals surface area contributed by atoms with Crippen LogP contribution in [0.1, 0.15) is 28.9 Å². The van der Waals surface area contributed by atoms with Crippen molar-refractivity contribution in [3.8, 4) is 5.75 Å². The number of carbonyl (C=O) groups is 1. The molecular weight excluding hydrogens is 276 g/mol. The third-order valence-corrected chi connectivity index (χ3v) is 3.50. The van der Waals surface area contributed by atoms with Gasteiger partial charge in [0.25, 0.3) is 5.91 Å². The first-order chi connectivity index (χ1) is 9.50. The standard InChI is InChI=1S/C15H15ClN2O2/c1-10(11-4-3-5-12(16)8-11)18(2)15(20)13-6-7-17-9-14(13)19/h3-10,19H,1-2H3. The van der Waals surface area contributed by atoms with Gasteiger partial charge in [-0.3, -0.25) is 9.78 Å². The van der Waals surface area contributed by atoms with Crippen LogP contribution in [0.25, 0.3) is 0 Å². The molecule has 1 N–H and O–H groups in total. The second-order valence-electron chi connectivity index (χ2n) is 4.54. The Bertz CT molecular complexity index is 631. The molecule has 1 heterocycles. The lowest BCUT2D eigenvalue weighted by Gasteiger charge is -2.25. The van der Waals surface area contributed by atoms with Gasteiger partial charge in [0.05, 0.1) is 17.8 Å². The van der Waals surface area contributed by atoms with E-state index in [0.29, 0.717) is 5.02 Å². The van der Waals surface area contributed by atoms with Gasteiger partial charge in [0.15, 0.2) is 0 Å². The molecule has 0 aliphatic rings. The number of aromatic hydroxyl groups is 1. The van der Waals surface area contributed by atoms with Crippen LogP contribution in [0.4, 0.5) is 0 Å². The zero-order valence-electron chi connectivity index (χ0n) is 11.2. The van der Waals surface area contributed by atoms with Crippen LogP contribution in [0.15, 0.2) is 42.7 Å². The second kappa shape index (κ2) is 5.92. The van der Waals surface area contributed by atoms with E-state index < -0.39 is 0 Å². The van der Waals surface area contributed by atoms with Crippen molar-refractivity contribution in [3.63, 3.8) is 0 Å². The van der Waals surface area contributed by atoms with E-state index in [9.17, 15) is 9.90 Å². The van der Waals surface area contributed by atoms with E-state index in [1.807, 2.05) is 25.1 Å². The minimum atomic E-state index is -0.266. The molecule has 1 atom stereocenters. The molecule has 0 fully saturated rings. The molecule has 0 bridgehead atoms. The van der Waals surface area contributed by atoms with Crippen LogP contribution < -0.4 is 0 Å². The van der Waals surface area contributed by atoms with Crippen LogP contribution in [0.3, 0.4) is 0 Å². The maximum absolute atomic E-state index is 12.4. The Kier molecular flexibility index (Phi) is 4.25. The summed E-state index contributed by atoms with van der Waals surface area (Å²) in [5.74, 6) is -0.389. The summed E-state index contributed by atoms with van der Waals surface area (Å²) < 4.78 is 0. The third kappa shape index (κ3) is 2.91. The Morgan fingerprint density at radius 2 is 2.15 bits per heavy atom. The van der Waals surface area contributed by atoms with E-state index in [1.54, 1.807) is 18.0 Å². The third-order valence-electron chi connectivity index (χ3n) is 3.26. The number of nitrogens with zero attached hydrogens (tertiary/aromatic N) is 2. The first-order valence-corrected chi connectivity index (χ1v) is 6.54. The van der Waals surface area contributed by atoms with Gasteiger partial charge in [-0.05, 0) is 30.7 Å². The normalized spacial score (nSPS) is 11.9. The highest BCUT2D eigenvalue weighted by Crippen LogP contribution is 2.25.